The first-order valence-electron chi connectivity index (χ1n) is 5.14. The Kier molecular flexibility index (Phi) is 3.37. The summed E-state index contributed by atoms with van der Waals surface area (Å²) in [4.78, 5) is 15.2. The number of anilines is 2. The van der Waals surface area contributed by atoms with E-state index in [1.807, 2.05) is 0 Å². The van der Waals surface area contributed by atoms with Crippen LogP contribution in [0, 0.1) is 17.5 Å². The second-order valence-corrected chi connectivity index (χ2v) is 3.70. The lowest BCUT2D eigenvalue weighted by Gasteiger charge is -2.07. The number of carbonyl (C=O) groups excluding carboxylic acids is 1. The molecule has 1 heterocycles. The Morgan fingerprint density at radius 3 is 2.32 bits per heavy atom. The van der Waals surface area contributed by atoms with Crippen LogP contribution in [0.25, 0.3) is 0 Å². The number of aromatic nitrogens is 1. The van der Waals surface area contributed by atoms with Gasteiger partial charge in [-0.25, -0.2) is 18.2 Å². The molecule has 98 valence electrons. The predicted octanol–water partition coefficient (Wildman–Crippen LogP) is 2.33. The number of hydrogen-bond donors (Lipinski definition) is 2. The Labute approximate surface area is 106 Å². The normalized spacial score (nSPS) is 10.3. The minimum atomic E-state index is -0.847. The summed E-state index contributed by atoms with van der Waals surface area (Å²) in [5.74, 6) is -3.43. The van der Waals surface area contributed by atoms with E-state index in [1.54, 1.807) is 0 Å². The number of halogens is 3. The summed E-state index contributed by atoms with van der Waals surface area (Å²) in [7, 11) is 0. The van der Waals surface area contributed by atoms with Crippen LogP contribution in [0.15, 0.2) is 30.5 Å². The molecule has 0 aliphatic carbocycles. The number of nitrogens with zero attached hydrogens (tertiary/aromatic N) is 1. The summed E-state index contributed by atoms with van der Waals surface area (Å²) < 4.78 is 38.8. The lowest BCUT2D eigenvalue weighted by atomic mass is 10.2. The van der Waals surface area contributed by atoms with Crippen molar-refractivity contribution in [1.82, 2.24) is 4.98 Å². The molecule has 0 fully saturated rings. The highest BCUT2D eigenvalue weighted by Crippen LogP contribution is 2.16. The summed E-state index contributed by atoms with van der Waals surface area (Å²) in [6.07, 6.45) is 0.855. The second-order valence-electron chi connectivity index (χ2n) is 3.70. The molecule has 19 heavy (non-hydrogen) atoms. The first kappa shape index (κ1) is 12.9. The molecule has 0 saturated carbocycles. The van der Waals surface area contributed by atoms with E-state index in [4.69, 9.17) is 5.73 Å². The van der Waals surface area contributed by atoms with Gasteiger partial charge in [-0.1, -0.05) is 0 Å². The zero-order valence-corrected chi connectivity index (χ0v) is 9.45. The quantitative estimate of drug-likeness (QED) is 0.877. The molecule has 1 aromatic carbocycles. The molecule has 0 aliphatic rings. The molecular formula is C12H8F3N3O. The zero-order chi connectivity index (χ0) is 14.0. The molecular weight excluding hydrogens is 259 g/mol. The SMILES string of the molecule is Nc1ncc(F)cc1C(=O)Nc1cc(F)cc(F)c1. The Morgan fingerprint density at radius 1 is 1.05 bits per heavy atom. The summed E-state index contributed by atoms with van der Waals surface area (Å²) in [6, 6.07) is 3.38. The standard InChI is InChI=1S/C12H8F3N3O/c13-6-1-7(14)3-9(2-6)18-12(19)10-4-8(15)5-17-11(10)16/h1-5H,(H2,16,17)(H,18,19). The molecule has 2 rings (SSSR count). The maximum atomic E-state index is 13.0. The number of nitrogen functional groups attached to an aromatic ring is 1. The van der Waals surface area contributed by atoms with Crippen LogP contribution in [0.4, 0.5) is 24.7 Å². The van der Waals surface area contributed by atoms with Crippen molar-refractivity contribution in [2.75, 3.05) is 11.1 Å². The molecule has 1 aromatic heterocycles. The van der Waals surface area contributed by atoms with E-state index < -0.39 is 23.4 Å². The van der Waals surface area contributed by atoms with Gasteiger partial charge in [0.2, 0.25) is 0 Å². The minimum Gasteiger partial charge on any atom is -0.383 e. The third-order valence-electron chi connectivity index (χ3n) is 2.25. The van der Waals surface area contributed by atoms with Crippen molar-refractivity contribution in [1.29, 1.82) is 0 Å². The molecule has 0 aliphatic heterocycles. The summed E-state index contributed by atoms with van der Waals surface area (Å²) in [6.45, 7) is 0. The fraction of sp³-hybridized carbons (Fsp3) is 0. The van der Waals surface area contributed by atoms with Crippen LogP contribution in [0.3, 0.4) is 0 Å². The van der Waals surface area contributed by atoms with Crippen molar-refractivity contribution >= 4 is 17.4 Å². The van der Waals surface area contributed by atoms with Gasteiger partial charge in [0.25, 0.3) is 5.91 Å². The van der Waals surface area contributed by atoms with Crippen molar-refractivity contribution in [3.05, 3.63) is 53.5 Å². The number of pyridine rings is 1. The van der Waals surface area contributed by atoms with E-state index >= 15 is 0 Å². The average molecular weight is 267 g/mol. The Hall–Kier alpha value is -2.57. The van der Waals surface area contributed by atoms with Crippen molar-refractivity contribution in [2.24, 2.45) is 0 Å². The summed E-state index contributed by atoms with van der Waals surface area (Å²) in [5, 5.41) is 2.20. The molecule has 0 saturated heterocycles. The molecule has 3 N–H and O–H groups in total. The third-order valence-corrected chi connectivity index (χ3v) is 2.25. The molecule has 0 spiro atoms. The van der Waals surface area contributed by atoms with Crippen molar-refractivity contribution in [2.45, 2.75) is 0 Å². The molecule has 2 aromatic rings. The van der Waals surface area contributed by atoms with E-state index in [-0.39, 0.29) is 17.1 Å². The number of amides is 1. The molecule has 0 radical (unpaired) electrons. The van der Waals surface area contributed by atoms with Crippen molar-refractivity contribution in [3.63, 3.8) is 0 Å². The van der Waals surface area contributed by atoms with Gasteiger partial charge in [0.15, 0.2) is 0 Å². The Bertz CT molecular complexity index is 626. The van der Waals surface area contributed by atoms with Crippen LogP contribution < -0.4 is 11.1 Å². The number of rotatable bonds is 2. The maximum absolute atomic E-state index is 13.0. The zero-order valence-electron chi connectivity index (χ0n) is 9.45. The fourth-order valence-electron chi connectivity index (χ4n) is 1.46. The lowest BCUT2D eigenvalue weighted by molar-refractivity contribution is 0.102. The molecule has 0 bridgehead atoms. The van der Waals surface area contributed by atoms with Crippen LogP contribution in [0.1, 0.15) is 10.4 Å². The van der Waals surface area contributed by atoms with Crippen LogP contribution in [0.2, 0.25) is 0 Å². The largest absolute Gasteiger partial charge is 0.383 e. The summed E-state index contributed by atoms with van der Waals surface area (Å²) in [5.41, 5.74) is 5.09. The van der Waals surface area contributed by atoms with E-state index in [9.17, 15) is 18.0 Å². The number of carbonyl (C=O) groups is 1. The minimum absolute atomic E-state index is 0.105. The topological polar surface area (TPSA) is 68.0 Å². The fourth-order valence-corrected chi connectivity index (χ4v) is 1.46. The molecule has 7 heteroatoms. The van der Waals surface area contributed by atoms with Crippen molar-refractivity contribution < 1.29 is 18.0 Å². The van der Waals surface area contributed by atoms with Gasteiger partial charge >= 0.3 is 0 Å². The van der Waals surface area contributed by atoms with Gasteiger partial charge in [-0.2, -0.15) is 0 Å². The molecule has 0 unspecified atom stereocenters. The first-order valence-corrected chi connectivity index (χ1v) is 5.14. The number of benzene rings is 1. The maximum Gasteiger partial charge on any atom is 0.259 e. The summed E-state index contributed by atoms with van der Waals surface area (Å²) >= 11 is 0. The average Bonchev–Trinajstić information content (AvgIpc) is 2.30. The van der Waals surface area contributed by atoms with Gasteiger partial charge in [0.05, 0.1) is 11.8 Å². The first-order chi connectivity index (χ1) is 8.95. The monoisotopic (exact) mass is 267 g/mol. The second kappa shape index (κ2) is 4.97. The van der Waals surface area contributed by atoms with Gasteiger partial charge in [-0.3, -0.25) is 4.79 Å². The smallest absolute Gasteiger partial charge is 0.259 e. The highest BCUT2D eigenvalue weighted by Gasteiger charge is 2.13. The van der Waals surface area contributed by atoms with E-state index in [2.05, 4.69) is 10.3 Å². The molecule has 4 nitrogen and oxygen atoms in total. The Balaban J connectivity index is 2.28. The molecule has 1 amide bonds. The Morgan fingerprint density at radius 2 is 1.68 bits per heavy atom. The molecule has 0 atom stereocenters. The number of hydrogen-bond acceptors (Lipinski definition) is 3. The van der Waals surface area contributed by atoms with Crippen LogP contribution in [0.5, 0.6) is 0 Å². The van der Waals surface area contributed by atoms with Gasteiger partial charge in [-0.15, -0.1) is 0 Å². The van der Waals surface area contributed by atoms with E-state index in [0.29, 0.717) is 6.07 Å². The van der Waals surface area contributed by atoms with Gasteiger partial charge in [0, 0.05) is 11.8 Å². The number of nitrogens with one attached hydrogen (secondary N) is 1. The number of nitrogens with two attached hydrogens (primary N) is 1. The lowest BCUT2D eigenvalue weighted by Crippen LogP contribution is -2.15. The highest BCUT2D eigenvalue weighted by molar-refractivity contribution is 6.07. The third kappa shape index (κ3) is 3.01. The van der Waals surface area contributed by atoms with Gasteiger partial charge in [-0.05, 0) is 18.2 Å². The van der Waals surface area contributed by atoms with E-state index in [0.717, 1.165) is 24.4 Å². The van der Waals surface area contributed by atoms with Gasteiger partial charge < -0.3 is 11.1 Å². The predicted molar refractivity (Wildman–Crippen MR) is 62.9 cm³/mol. The van der Waals surface area contributed by atoms with Crippen LogP contribution in [-0.4, -0.2) is 10.9 Å². The van der Waals surface area contributed by atoms with E-state index in [1.165, 1.54) is 0 Å². The van der Waals surface area contributed by atoms with Crippen LogP contribution in [-0.2, 0) is 0 Å². The van der Waals surface area contributed by atoms with Crippen molar-refractivity contribution in [3.8, 4) is 0 Å². The van der Waals surface area contributed by atoms with Crippen LogP contribution >= 0.6 is 0 Å². The highest BCUT2D eigenvalue weighted by atomic mass is 19.1. The van der Waals surface area contributed by atoms with Gasteiger partial charge in [0.1, 0.15) is 23.3 Å².